The van der Waals surface area contributed by atoms with E-state index in [9.17, 15) is 0 Å². The lowest BCUT2D eigenvalue weighted by atomic mass is 10.2. The normalized spacial score (nSPS) is 15.5. The van der Waals surface area contributed by atoms with E-state index >= 15 is 0 Å². The maximum atomic E-state index is 5.87. The molecule has 0 spiro atoms. The Balaban J connectivity index is 2.28. The van der Waals surface area contributed by atoms with Gasteiger partial charge in [-0.05, 0) is 39.7 Å². The van der Waals surface area contributed by atoms with E-state index in [-0.39, 0.29) is 5.60 Å². The number of hydrogen-bond donors (Lipinski definition) is 1. The summed E-state index contributed by atoms with van der Waals surface area (Å²) in [6.07, 6.45) is 4.29. The Labute approximate surface area is 102 Å². The summed E-state index contributed by atoms with van der Waals surface area (Å²) in [6.45, 7) is 6.00. The SMILES string of the molecule is CNc1ccnc(OC(C)(C)C)c1OC1CC1. The second-order valence-corrected chi connectivity index (χ2v) is 5.27. The van der Waals surface area contributed by atoms with Gasteiger partial charge >= 0.3 is 0 Å². The Morgan fingerprint density at radius 2 is 2.06 bits per heavy atom. The molecule has 1 fully saturated rings. The number of pyridine rings is 1. The summed E-state index contributed by atoms with van der Waals surface area (Å²) in [7, 11) is 1.87. The standard InChI is InChI=1S/C13H20N2O2/c1-13(2,3)17-12-11(16-9-5-6-9)10(14-4)7-8-15-12/h7-9H,5-6H2,1-4H3,(H,14,15). The van der Waals surface area contributed by atoms with Crippen molar-refractivity contribution in [2.45, 2.75) is 45.3 Å². The second-order valence-electron chi connectivity index (χ2n) is 5.27. The molecular weight excluding hydrogens is 216 g/mol. The summed E-state index contributed by atoms with van der Waals surface area (Å²) in [5.41, 5.74) is 0.646. The minimum absolute atomic E-state index is 0.277. The summed E-state index contributed by atoms with van der Waals surface area (Å²) >= 11 is 0. The van der Waals surface area contributed by atoms with Gasteiger partial charge in [0.2, 0.25) is 5.75 Å². The monoisotopic (exact) mass is 236 g/mol. The highest BCUT2D eigenvalue weighted by Crippen LogP contribution is 2.39. The molecule has 0 amide bonds. The molecule has 1 saturated carbocycles. The van der Waals surface area contributed by atoms with Crippen molar-refractivity contribution in [3.8, 4) is 11.6 Å². The van der Waals surface area contributed by atoms with E-state index in [1.165, 1.54) is 0 Å². The minimum Gasteiger partial charge on any atom is -0.483 e. The van der Waals surface area contributed by atoms with Crippen molar-refractivity contribution in [3.63, 3.8) is 0 Å². The highest BCUT2D eigenvalue weighted by atomic mass is 16.5. The van der Waals surface area contributed by atoms with Gasteiger partial charge in [0, 0.05) is 13.2 Å². The molecule has 0 saturated heterocycles. The average Bonchev–Trinajstić information content (AvgIpc) is 3.02. The van der Waals surface area contributed by atoms with Gasteiger partial charge in [-0.25, -0.2) is 4.98 Å². The lowest BCUT2D eigenvalue weighted by molar-refractivity contribution is 0.116. The third-order valence-corrected chi connectivity index (χ3v) is 2.35. The molecule has 1 N–H and O–H groups in total. The quantitative estimate of drug-likeness (QED) is 0.873. The number of anilines is 1. The average molecular weight is 236 g/mol. The van der Waals surface area contributed by atoms with Crippen LogP contribution < -0.4 is 14.8 Å². The highest BCUT2D eigenvalue weighted by Gasteiger charge is 2.28. The first-order valence-corrected chi connectivity index (χ1v) is 6.02. The molecule has 1 aromatic heterocycles. The first-order chi connectivity index (χ1) is 7.99. The van der Waals surface area contributed by atoms with Crippen molar-refractivity contribution >= 4 is 5.69 Å². The van der Waals surface area contributed by atoms with Gasteiger partial charge in [0.1, 0.15) is 5.60 Å². The number of nitrogens with one attached hydrogen (secondary N) is 1. The van der Waals surface area contributed by atoms with Gasteiger partial charge in [-0.3, -0.25) is 0 Å². The Kier molecular flexibility index (Phi) is 3.13. The summed E-state index contributed by atoms with van der Waals surface area (Å²) in [5.74, 6) is 1.30. The van der Waals surface area contributed by atoms with E-state index in [2.05, 4.69) is 10.3 Å². The highest BCUT2D eigenvalue weighted by molar-refractivity contribution is 5.60. The third kappa shape index (κ3) is 3.25. The fraction of sp³-hybridized carbons (Fsp3) is 0.615. The molecule has 4 nitrogen and oxygen atoms in total. The van der Waals surface area contributed by atoms with Crippen LogP contribution in [0.2, 0.25) is 0 Å². The summed E-state index contributed by atoms with van der Waals surface area (Å²) in [5, 5.41) is 3.11. The van der Waals surface area contributed by atoms with Crippen LogP contribution in [0.5, 0.6) is 11.6 Å². The fourth-order valence-corrected chi connectivity index (χ4v) is 1.46. The Bertz CT molecular complexity index is 395. The molecule has 0 bridgehead atoms. The maximum Gasteiger partial charge on any atom is 0.259 e. The van der Waals surface area contributed by atoms with E-state index in [0.717, 1.165) is 24.3 Å². The van der Waals surface area contributed by atoms with E-state index in [1.807, 2.05) is 33.9 Å². The van der Waals surface area contributed by atoms with Crippen LogP contribution in [0.3, 0.4) is 0 Å². The van der Waals surface area contributed by atoms with Crippen molar-refractivity contribution in [2.24, 2.45) is 0 Å². The lowest BCUT2D eigenvalue weighted by Gasteiger charge is -2.23. The van der Waals surface area contributed by atoms with Crippen molar-refractivity contribution in [2.75, 3.05) is 12.4 Å². The van der Waals surface area contributed by atoms with Gasteiger partial charge < -0.3 is 14.8 Å². The van der Waals surface area contributed by atoms with Gasteiger partial charge in [0.15, 0.2) is 0 Å². The predicted molar refractivity (Wildman–Crippen MR) is 67.8 cm³/mol. The fourth-order valence-electron chi connectivity index (χ4n) is 1.46. The van der Waals surface area contributed by atoms with Gasteiger partial charge in [-0.15, -0.1) is 0 Å². The summed E-state index contributed by atoms with van der Waals surface area (Å²) in [4.78, 5) is 4.27. The molecular formula is C13H20N2O2. The topological polar surface area (TPSA) is 43.4 Å². The molecule has 0 aliphatic heterocycles. The van der Waals surface area contributed by atoms with Crippen molar-refractivity contribution < 1.29 is 9.47 Å². The first-order valence-electron chi connectivity index (χ1n) is 6.02. The molecule has 94 valence electrons. The molecule has 0 aromatic carbocycles. The number of nitrogens with zero attached hydrogens (tertiary/aromatic N) is 1. The molecule has 0 atom stereocenters. The number of hydrogen-bond acceptors (Lipinski definition) is 4. The van der Waals surface area contributed by atoms with Gasteiger partial charge in [-0.1, -0.05) is 0 Å². The zero-order valence-corrected chi connectivity index (χ0v) is 10.9. The number of ether oxygens (including phenoxy) is 2. The largest absolute Gasteiger partial charge is 0.483 e. The Hall–Kier alpha value is -1.45. The van der Waals surface area contributed by atoms with Crippen LogP contribution in [0.25, 0.3) is 0 Å². The molecule has 4 heteroatoms. The molecule has 1 aliphatic carbocycles. The van der Waals surface area contributed by atoms with Gasteiger partial charge in [0.05, 0.1) is 11.8 Å². The van der Waals surface area contributed by atoms with E-state index < -0.39 is 0 Å². The van der Waals surface area contributed by atoms with Gasteiger partial charge in [-0.2, -0.15) is 0 Å². The Morgan fingerprint density at radius 1 is 1.35 bits per heavy atom. The van der Waals surface area contributed by atoms with Crippen LogP contribution in [-0.2, 0) is 0 Å². The predicted octanol–water partition coefficient (Wildman–Crippen LogP) is 2.84. The maximum absolute atomic E-state index is 5.87. The third-order valence-electron chi connectivity index (χ3n) is 2.35. The van der Waals surface area contributed by atoms with Crippen molar-refractivity contribution in [1.29, 1.82) is 0 Å². The van der Waals surface area contributed by atoms with Crippen LogP contribution >= 0.6 is 0 Å². The minimum atomic E-state index is -0.277. The molecule has 0 radical (unpaired) electrons. The van der Waals surface area contributed by atoms with Crippen LogP contribution in [0, 0.1) is 0 Å². The molecule has 1 aliphatic rings. The zero-order valence-electron chi connectivity index (χ0n) is 10.9. The molecule has 1 aromatic rings. The van der Waals surface area contributed by atoms with Crippen LogP contribution in [0.4, 0.5) is 5.69 Å². The van der Waals surface area contributed by atoms with E-state index in [0.29, 0.717) is 12.0 Å². The summed E-state index contributed by atoms with van der Waals surface area (Å²) in [6, 6.07) is 1.90. The lowest BCUT2D eigenvalue weighted by Crippen LogP contribution is -2.24. The van der Waals surface area contributed by atoms with Crippen LogP contribution in [-0.4, -0.2) is 23.7 Å². The molecule has 0 unspecified atom stereocenters. The van der Waals surface area contributed by atoms with Crippen molar-refractivity contribution in [1.82, 2.24) is 4.98 Å². The smallest absolute Gasteiger partial charge is 0.259 e. The number of rotatable bonds is 4. The molecule has 2 rings (SSSR count). The first kappa shape index (κ1) is 12.0. The zero-order chi connectivity index (χ0) is 12.5. The Morgan fingerprint density at radius 3 is 2.59 bits per heavy atom. The van der Waals surface area contributed by atoms with E-state index in [1.54, 1.807) is 6.20 Å². The van der Waals surface area contributed by atoms with Crippen LogP contribution in [0.15, 0.2) is 12.3 Å². The second kappa shape index (κ2) is 4.43. The van der Waals surface area contributed by atoms with E-state index in [4.69, 9.17) is 9.47 Å². The molecule has 17 heavy (non-hydrogen) atoms. The van der Waals surface area contributed by atoms with Crippen LogP contribution in [0.1, 0.15) is 33.6 Å². The summed E-state index contributed by atoms with van der Waals surface area (Å²) < 4.78 is 11.7. The van der Waals surface area contributed by atoms with Crippen molar-refractivity contribution in [3.05, 3.63) is 12.3 Å². The van der Waals surface area contributed by atoms with Gasteiger partial charge in [0.25, 0.3) is 5.88 Å². The molecule has 1 heterocycles. The number of aromatic nitrogens is 1.